The summed E-state index contributed by atoms with van der Waals surface area (Å²) in [7, 11) is 0. The smallest absolute Gasteiger partial charge is 0.359 e. The minimum atomic E-state index is -1.18. The van der Waals surface area contributed by atoms with Crippen LogP contribution in [0.4, 0.5) is 0 Å². The monoisotopic (exact) mass is 282 g/mol. The Hall–Kier alpha value is -3.22. The number of H-pyrrole nitrogens is 1. The SMILES string of the molecule is O=C(O)c1[nH]nnc1Oc1ccc(-c2ccncc2)cc1. The predicted octanol–water partition coefficient (Wildman–Crippen LogP) is 2.36. The van der Waals surface area contributed by atoms with Gasteiger partial charge in [0.1, 0.15) is 5.75 Å². The molecule has 0 aliphatic carbocycles. The lowest BCUT2D eigenvalue weighted by Gasteiger charge is -2.05. The Morgan fingerprint density at radius 3 is 2.38 bits per heavy atom. The van der Waals surface area contributed by atoms with Crippen LogP contribution in [-0.4, -0.2) is 31.5 Å². The summed E-state index contributed by atoms with van der Waals surface area (Å²) >= 11 is 0. The first-order chi connectivity index (χ1) is 10.2. The molecule has 0 aliphatic rings. The molecule has 0 bridgehead atoms. The molecule has 2 aromatic heterocycles. The van der Waals surface area contributed by atoms with Gasteiger partial charge in [0, 0.05) is 12.4 Å². The van der Waals surface area contributed by atoms with E-state index < -0.39 is 5.97 Å². The molecule has 0 atom stereocenters. The Morgan fingerprint density at radius 2 is 1.71 bits per heavy atom. The zero-order valence-electron chi connectivity index (χ0n) is 10.7. The van der Waals surface area contributed by atoms with Crippen molar-refractivity contribution in [1.29, 1.82) is 0 Å². The molecular weight excluding hydrogens is 272 g/mol. The maximum Gasteiger partial charge on any atom is 0.359 e. The molecule has 104 valence electrons. The van der Waals surface area contributed by atoms with Gasteiger partial charge in [0.15, 0.2) is 0 Å². The predicted molar refractivity (Wildman–Crippen MR) is 73.1 cm³/mol. The third-order valence-electron chi connectivity index (χ3n) is 2.81. The van der Waals surface area contributed by atoms with Gasteiger partial charge in [-0.25, -0.2) is 9.89 Å². The minimum Gasteiger partial charge on any atom is -0.476 e. The Bertz CT molecular complexity index is 753. The van der Waals surface area contributed by atoms with Gasteiger partial charge in [0.05, 0.1) is 0 Å². The molecule has 7 heteroatoms. The number of hydrogen-bond donors (Lipinski definition) is 2. The zero-order valence-corrected chi connectivity index (χ0v) is 10.7. The van der Waals surface area contributed by atoms with E-state index in [1.54, 1.807) is 24.5 Å². The van der Waals surface area contributed by atoms with Crippen LogP contribution in [0.3, 0.4) is 0 Å². The van der Waals surface area contributed by atoms with Gasteiger partial charge in [0.25, 0.3) is 5.88 Å². The summed E-state index contributed by atoms with van der Waals surface area (Å²) < 4.78 is 5.40. The van der Waals surface area contributed by atoms with E-state index in [0.717, 1.165) is 11.1 Å². The van der Waals surface area contributed by atoms with Gasteiger partial charge in [-0.05, 0) is 35.4 Å². The number of carboxylic acid groups (broad SMARTS) is 1. The fourth-order valence-electron chi connectivity index (χ4n) is 1.80. The van der Waals surface area contributed by atoms with Gasteiger partial charge in [-0.1, -0.05) is 22.4 Å². The van der Waals surface area contributed by atoms with Crippen molar-refractivity contribution in [3.63, 3.8) is 0 Å². The zero-order chi connectivity index (χ0) is 14.7. The van der Waals surface area contributed by atoms with Crippen LogP contribution < -0.4 is 4.74 Å². The highest BCUT2D eigenvalue weighted by Gasteiger charge is 2.16. The molecule has 0 fully saturated rings. The second kappa shape index (κ2) is 5.41. The molecule has 7 nitrogen and oxygen atoms in total. The van der Waals surface area contributed by atoms with Crippen molar-refractivity contribution in [3.05, 3.63) is 54.5 Å². The lowest BCUT2D eigenvalue weighted by molar-refractivity contribution is 0.0687. The number of carbonyl (C=O) groups is 1. The third kappa shape index (κ3) is 2.71. The quantitative estimate of drug-likeness (QED) is 0.761. The standard InChI is InChI=1S/C14H10N4O3/c19-14(20)12-13(17-18-16-12)21-11-3-1-9(2-4-11)10-5-7-15-8-6-10/h1-8H,(H,19,20)(H,16,17,18). The summed E-state index contributed by atoms with van der Waals surface area (Å²) in [6.07, 6.45) is 3.43. The number of nitrogens with one attached hydrogen (secondary N) is 1. The number of ether oxygens (including phenoxy) is 1. The van der Waals surface area contributed by atoms with Gasteiger partial charge in [-0.3, -0.25) is 4.98 Å². The van der Waals surface area contributed by atoms with Crippen LogP contribution in [0.15, 0.2) is 48.8 Å². The number of aromatic amines is 1. The highest BCUT2D eigenvalue weighted by molar-refractivity contribution is 5.87. The molecule has 0 saturated heterocycles. The van der Waals surface area contributed by atoms with Crippen LogP contribution in [0.2, 0.25) is 0 Å². The Kier molecular flexibility index (Phi) is 3.30. The second-order valence-corrected chi connectivity index (χ2v) is 4.16. The largest absolute Gasteiger partial charge is 0.476 e. The van der Waals surface area contributed by atoms with Crippen molar-refractivity contribution < 1.29 is 14.6 Å². The summed E-state index contributed by atoms with van der Waals surface area (Å²) in [5.74, 6) is -0.772. The van der Waals surface area contributed by atoms with E-state index in [1.807, 2.05) is 24.3 Å². The summed E-state index contributed by atoms with van der Waals surface area (Å²) in [5.41, 5.74) is 1.85. The molecule has 0 spiro atoms. The molecule has 3 rings (SSSR count). The van der Waals surface area contributed by atoms with Crippen molar-refractivity contribution in [3.8, 4) is 22.8 Å². The Balaban J connectivity index is 1.82. The lowest BCUT2D eigenvalue weighted by Crippen LogP contribution is -1.99. The number of carboxylic acids is 1. The molecule has 0 amide bonds. The number of rotatable bonds is 4. The number of nitrogens with zero attached hydrogens (tertiary/aromatic N) is 3. The average Bonchev–Trinajstić information content (AvgIpc) is 2.97. The van der Waals surface area contributed by atoms with Crippen molar-refractivity contribution in [2.75, 3.05) is 0 Å². The van der Waals surface area contributed by atoms with E-state index in [2.05, 4.69) is 20.4 Å². The van der Waals surface area contributed by atoms with Crippen LogP contribution in [0.1, 0.15) is 10.5 Å². The molecular formula is C14H10N4O3. The molecule has 0 aliphatic heterocycles. The molecule has 0 radical (unpaired) electrons. The summed E-state index contributed by atoms with van der Waals surface area (Å²) in [5, 5.41) is 18.2. The van der Waals surface area contributed by atoms with E-state index in [9.17, 15) is 4.79 Å². The molecule has 21 heavy (non-hydrogen) atoms. The Morgan fingerprint density at radius 1 is 1.05 bits per heavy atom. The van der Waals surface area contributed by atoms with Crippen LogP contribution >= 0.6 is 0 Å². The molecule has 2 heterocycles. The third-order valence-corrected chi connectivity index (χ3v) is 2.81. The fourth-order valence-corrected chi connectivity index (χ4v) is 1.80. The lowest BCUT2D eigenvalue weighted by atomic mass is 10.1. The van der Waals surface area contributed by atoms with Crippen molar-refractivity contribution in [1.82, 2.24) is 20.4 Å². The topological polar surface area (TPSA) is 101 Å². The summed E-state index contributed by atoms with van der Waals surface area (Å²) in [6.45, 7) is 0. The fraction of sp³-hybridized carbons (Fsp3) is 0. The summed E-state index contributed by atoms with van der Waals surface area (Å²) in [6, 6.07) is 11.0. The highest BCUT2D eigenvalue weighted by Crippen LogP contribution is 2.25. The number of hydrogen-bond acceptors (Lipinski definition) is 5. The van der Waals surface area contributed by atoms with Gasteiger partial charge < -0.3 is 9.84 Å². The number of aromatic nitrogens is 4. The molecule has 1 aromatic carbocycles. The van der Waals surface area contributed by atoms with Crippen molar-refractivity contribution in [2.45, 2.75) is 0 Å². The highest BCUT2D eigenvalue weighted by atomic mass is 16.5. The maximum atomic E-state index is 10.9. The van der Waals surface area contributed by atoms with E-state index in [1.165, 1.54) is 0 Å². The summed E-state index contributed by atoms with van der Waals surface area (Å²) in [4.78, 5) is 14.9. The van der Waals surface area contributed by atoms with Gasteiger partial charge in [-0.15, -0.1) is 0 Å². The number of aromatic carboxylic acids is 1. The van der Waals surface area contributed by atoms with Gasteiger partial charge in [-0.2, -0.15) is 0 Å². The minimum absolute atomic E-state index is 0.0702. The van der Waals surface area contributed by atoms with E-state index in [4.69, 9.17) is 9.84 Å². The van der Waals surface area contributed by atoms with Crippen molar-refractivity contribution in [2.24, 2.45) is 0 Å². The van der Waals surface area contributed by atoms with Crippen LogP contribution in [0.25, 0.3) is 11.1 Å². The molecule has 0 unspecified atom stereocenters. The van der Waals surface area contributed by atoms with Crippen LogP contribution in [-0.2, 0) is 0 Å². The van der Waals surface area contributed by atoms with Gasteiger partial charge >= 0.3 is 5.97 Å². The molecule has 0 saturated carbocycles. The van der Waals surface area contributed by atoms with E-state index in [-0.39, 0.29) is 11.6 Å². The maximum absolute atomic E-state index is 10.9. The van der Waals surface area contributed by atoms with Gasteiger partial charge in [0.2, 0.25) is 5.69 Å². The normalized spacial score (nSPS) is 10.3. The number of benzene rings is 1. The van der Waals surface area contributed by atoms with E-state index >= 15 is 0 Å². The first kappa shape index (κ1) is 12.8. The van der Waals surface area contributed by atoms with Crippen LogP contribution in [0.5, 0.6) is 11.6 Å². The first-order valence-corrected chi connectivity index (χ1v) is 6.06. The van der Waals surface area contributed by atoms with E-state index in [0.29, 0.717) is 5.75 Å². The second-order valence-electron chi connectivity index (χ2n) is 4.16. The van der Waals surface area contributed by atoms with Crippen LogP contribution in [0, 0.1) is 0 Å². The molecule has 3 aromatic rings. The number of pyridine rings is 1. The average molecular weight is 282 g/mol. The molecule has 2 N–H and O–H groups in total. The Labute approximate surface area is 119 Å². The first-order valence-electron chi connectivity index (χ1n) is 6.06. The van der Waals surface area contributed by atoms with Crippen molar-refractivity contribution >= 4 is 5.97 Å².